The fourth-order valence-electron chi connectivity index (χ4n) is 3.06. The SMILES string of the molecule is CC(=O)Nc1ccn([C@@H]2CCN(C[C@@H]3CCCO3)C2)n1. The van der Waals surface area contributed by atoms with E-state index in [0.29, 0.717) is 18.0 Å². The number of nitrogens with one attached hydrogen (secondary N) is 1. The Labute approximate surface area is 119 Å². The van der Waals surface area contributed by atoms with Crippen LogP contribution in [0.2, 0.25) is 0 Å². The van der Waals surface area contributed by atoms with Gasteiger partial charge in [-0.15, -0.1) is 0 Å². The number of aromatic nitrogens is 2. The van der Waals surface area contributed by atoms with E-state index >= 15 is 0 Å². The summed E-state index contributed by atoms with van der Waals surface area (Å²) in [5.74, 6) is 0.553. The third-order valence-corrected chi connectivity index (χ3v) is 4.02. The van der Waals surface area contributed by atoms with Gasteiger partial charge < -0.3 is 10.1 Å². The number of nitrogens with zero attached hydrogens (tertiary/aromatic N) is 3. The number of carbonyl (C=O) groups excluding carboxylic acids is 1. The molecule has 20 heavy (non-hydrogen) atoms. The van der Waals surface area contributed by atoms with Crippen molar-refractivity contribution >= 4 is 11.7 Å². The average molecular weight is 278 g/mol. The highest BCUT2D eigenvalue weighted by Gasteiger charge is 2.27. The van der Waals surface area contributed by atoms with Crippen LogP contribution in [0.3, 0.4) is 0 Å². The van der Waals surface area contributed by atoms with Gasteiger partial charge in [0.2, 0.25) is 5.91 Å². The van der Waals surface area contributed by atoms with Crippen LogP contribution in [0.1, 0.15) is 32.2 Å². The van der Waals surface area contributed by atoms with Crippen LogP contribution in [-0.4, -0.2) is 52.9 Å². The molecule has 110 valence electrons. The first kappa shape index (κ1) is 13.6. The van der Waals surface area contributed by atoms with Crippen LogP contribution in [0.25, 0.3) is 0 Å². The Morgan fingerprint density at radius 3 is 3.20 bits per heavy atom. The lowest BCUT2D eigenvalue weighted by Crippen LogP contribution is -2.30. The van der Waals surface area contributed by atoms with Gasteiger partial charge in [-0.25, -0.2) is 0 Å². The molecule has 2 aliphatic heterocycles. The molecule has 1 aromatic rings. The zero-order valence-corrected chi connectivity index (χ0v) is 11.9. The predicted molar refractivity (Wildman–Crippen MR) is 75.6 cm³/mol. The Balaban J connectivity index is 1.53. The molecule has 0 spiro atoms. The second-order valence-corrected chi connectivity index (χ2v) is 5.70. The summed E-state index contributed by atoms with van der Waals surface area (Å²) in [7, 11) is 0. The first-order valence-corrected chi connectivity index (χ1v) is 7.37. The molecule has 0 aromatic carbocycles. The van der Waals surface area contributed by atoms with Gasteiger partial charge in [-0.2, -0.15) is 5.10 Å². The smallest absolute Gasteiger partial charge is 0.222 e. The normalized spacial score (nSPS) is 27.1. The van der Waals surface area contributed by atoms with Crippen molar-refractivity contribution in [3.8, 4) is 0 Å². The lowest BCUT2D eigenvalue weighted by atomic mass is 10.2. The van der Waals surface area contributed by atoms with Crippen molar-refractivity contribution in [3.63, 3.8) is 0 Å². The Hall–Kier alpha value is -1.40. The predicted octanol–water partition coefficient (Wildman–Crippen LogP) is 1.27. The van der Waals surface area contributed by atoms with Crippen molar-refractivity contribution in [2.75, 3.05) is 31.6 Å². The highest BCUT2D eigenvalue weighted by atomic mass is 16.5. The van der Waals surface area contributed by atoms with Crippen LogP contribution in [-0.2, 0) is 9.53 Å². The number of rotatable bonds is 4. The molecule has 2 fully saturated rings. The lowest BCUT2D eigenvalue weighted by Gasteiger charge is -2.19. The molecule has 0 aliphatic carbocycles. The second kappa shape index (κ2) is 5.93. The molecule has 0 bridgehead atoms. The summed E-state index contributed by atoms with van der Waals surface area (Å²) in [6, 6.07) is 2.25. The maximum Gasteiger partial charge on any atom is 0.222 e. The van der Waals surface area contributed by atoms with Crippen molar-refractivity contribution in [3.05, 3.63) is 12.3 Å². The number of carbonyl (C=O) groups is 1. The van der Waals surface area contributed by atoms with E-state index in [1.54, 1.807) is 0 Å². The van der Waals surface area contributed by atoms with Crippen LogP contribution in [0.5, 0.6) is 0 Å². The zero-order chi connectivity index (χ0) is 13.9. The molecule has 0 radical (unpaired) electrons. The topological polar surface area (TPSA) is 59.4 Å². The monoisotopic (exact) mass is 278 g/mol. The number of hydrogen-bond acceptors (Lipinski definition) is 4. The quantitative estimate of drug-likeness (QED) is 0.901. The molecular formula is C14H22N4O2. The van der Waals surface area contributed by atoms with Crippen molar-refractivity contribution in [1.29, 1.82) is 0 Å². The van der Waals surface area contributed by atoms with Gasteiger partial charge in [0.15, 0.2) is 5.82 Å². The van der Waals surface area contributed by atoms with E-state index < -0.39 is 0 Å². The highest BCUT2D eigenvalue weighted by Crippen LogP contribution is 2.23. The molecule has 2 saturated heterocycles. The minimum absolute atomic E-state index is 0.0818. The number of likely N-dealkylation sites (tertiary alicyclic amines) is 1. The van der Waals surface area contributed by atoms with Crippen LogP contribution in [0.15, 0.2) is 12.3 Å². The van der Waals surface area contributed by atoms with Crippen LogP contribution < -0.4 is 5.32 Å². The summed E-state index contributed by atoms with van der Waals surface area (Å²) < 4.78 is 7.67. The van der Waals surface area contributed by atoms with E-state index in [1.807, 2.05) is 16.9 Å². The summed E-state index contributed by atoms with van der Waals surface area (Å²) >= 11 is 0. The number of anilines is 1. The van der Waals surface area contributed by atoms with E-state index in [0.717, 1.165) is 32.7 Å². The lowest BCUT2D eigenvalue weighted by molar-refractivity contribution is -0.114. The van der Waals surface area contributed by atoms with Gasteiger partial charge in [0, 0.05) is 45.4 Å². The third-order valence-electron chi connectivity index (χ3n) is 4.02. The van der Waals surface area contributed by atoms with Gasteiger partial charge >= 0.3 is 0 Å². The molecular weight excluding hydrogens is 256 g/mol. The molecule has 3 rings (SSSR count). The molecule has 2 aliphatic rings. The van der Waals surface area contributed by atoms with E-state index in [-0.39, 0.29) is 5.91 Å². The van der Waals surface area contributed by atoms with E-state index in [4.69, 9.17) is 4.74 Å². The molecule has 0 unspecified atom stereocenters. The maximum atomic E-state index is 11.0. The zero-order valence-electron chi connectivity index (χ0n) is 11.9. The Bertz CT molecular complexity index is 467. The summed E-state index contributed by atoms with van der Waals surface area (Å²) in [5.41, 5.74) is 0. The first-order chi connectivity index (χ1) is 9.70. The molecule has 6 nitrogen and oxygen atoms in total. The largest absolute Gasteiger partial charge is 0.377 e. The molecule has 0 saturated carbocycles. The molecule has 1 amide bonds. The van der Waals surface area contributed by atoms with Crippen LogP contribution in [0.4, 0.5) is 5.82 Å². The average Bonchev–Trinajstić information content (AvgIpc) is 3.09. The standard InChI is InChI=1S/C14H22N4O2/c1-11(19)15-14-5-7-18(16-14)12-4-6-17(9-12)10-13-3-2-8-20-13/h5,7,12-13H,2-4,6,8-10H2,1H3,(H,15,16,19)/t12-,13+/m1/s1. The maximum absolute atomic E-state index is 11.0. The van der Waals surface area contributed by atoms with Crippen molar-refractivity contribution in [2.24, 2.45) is 0 Å². The fraction of sp³-hybridized carbons (Fsp3) is 0.714. The van der Waals surface area contributed by atoms with Crippen LogP contribution in [0, 0.1) is 0 Å². The summed E-state index contributed by atoms with van der Waals surface area (Å²) in [4.78, 5) is 13.5. The Morgan fingerprint density at radius 2 is 2.45 bits per heavy atom. The minimum atomic E-state index is -0.0818. The van der Waals surface area contributed by atoms with Crippen molar-refractivity contribution in [2.45, 2.75) is 38.3 Å². The van der Waals surface area contributed by atoms with E-state index in [1.165, 1.54) is 19.8 Å². The first-order valence-electron chi connectivity index (χ1n) is 7.37. The Kier molecular flexibility index (Phi) is 4.03. The number of ether oxygens (including phenoxy) is 1. The molecule has 1 aromatic heterocycles. The minimum Gasteiger partial charge on any atom is -0.377 e. The van der Waals surface area contributed by atoms with Gasteiger partial charge in [0.1, 0.15) is 0 Å². The highest BCUT2D eigenvalue weighted by molar-refractivity contribution is 5.87. The number of hydrogen-bond donors (Lipinski definition) is 1. The van der Waals surface area contributed by atoms with Gasteiger partial charge in [0.05, 0.1) is 12.1 Å². The molecule has 2 atom stereocenters. The fourth-order valence-corrected chi connectivity index (χ4v) is 3.06. The molecule has 1 N–H and O–H groups in total. The van der Waals surface area contributed by atoms with Crippen molar-refractivity contribution < 1.29 is 9.53 Å². The summed E-state index contributed by atoms with van der Waals surface area (Å²) in [6.45, 7) is 5.57. The summed E-state index contributed by atoms with van der Waals surface area (Å²) in [5, 5.41) is 7.14. The van der Waals surface area contributed by atoms with E-state index in [9.17, 15) is 4.79 Å². The van der Waals surface area contributed by atoms with E-state index in [2.05, 4.69) is 15.3 Å². The van der Waals surface area contributed by atoms with Gasteiger partial charge in [-0.1, -0.05) is 0 Å². The second-order valence-electron chi connectivity index (χ2n) is 5.70. The number of amides is 1. The van der Waals surface area contributed by atoms with Crippen LogP contribution >= 0.6 is 0 Å². The molecule has 3 heterocycles. The van der Waals surface area contributed by atoms with Crippen molar-refractivity contribution in [1.82, 2.24) is 14.7 Å². The van der Waals surface area contributed by atoms with Gasteiger partial charge in [-0.05, 0) is 19.3 Å². The third kappa shape index (κ3) is 3.19. The summed E-state index contributed by atoms with van der Waals surface area (Å²) in [6.07, 6.45) is 5.86. The van der Waals surface area contributed by atoms with Gasteiger partial charge in [0.25, 0.3) is 0 Å². The molecule has 6 heteroatoms. The van der Waals surface area contributed by atoms with Gasteiger partial charge in [-0.3, -0.25) is 14.4 Å². The Morgan fingerprint density at radius 1 is 1.55 bits per heavy atom.